The number of H-pyrrole nitrogens is 1. The summed E-state index contributed by atoms with van der Waals surface area (Å²) in [7, 11) is 0. The lowest BCUT2D eigenvalue weighted by atomic mass is 9.94. The maximum atomic E-state index is 4.83. The summed E-state index contributed by atoms with van der Waals surface area (Å²) < 4.78 is 0. The molecule has 1 saturated carbocycles. The highest BCUT2D eigenvalue weighted by atomic mass is 15.2. The molecule has 3 heteroatoms. The van der Waals surface area contributed by atoms with E-state index in [2.05, 4.69) is 35.0 Å². The third-order valence-electron chi connectivity index (χ3n) is 5.35. The van der Waals surface area contributed by atoms with Gasteiger partial charge in [0.05, 0.1) is 11.0 Å². The number of imidazole rings is 1. The second-order valence-electron chi connectivity index (χ2n) is 6.92. The van der Waals surface area contributed by atoms with Crippen LogP contribution in [0, 0.1) is 6.92 Å². The van der Waals surface area contributed by atoms with Crippen molar-refractivity contribution in [3.8, 4) is 0 Å². The van der Waals surface area contributed by atoms with Gasteiger partial charge in [-0.3, -0.25) is 4.90 Å². The molecular weight excluding hydrogens is 258 g/mol. The van der Waals surface area contributed by atoms with Gasteiger partial charge in [0.2, 0.25) is 0 Å². The summed E-state index contributed by atoms with van der Waals surface area (Å²) in [5, 5.41) is 0. The fraction of sp³-hybridized carbons (Fsp3) is 0.611. The second-order valence-corrected chi connectivity index (χ2v) is 6.92. The van der Waals surface area contributed by atoms with E-state index in [1.54, 1.807) is 0 Å². The molecule has 1 aliphatic heterocycles. The van der Waals surface area contributed by atoms with E-state index < -0.39 is 0 Å². The molecule has 2 fully saturated rings. The number of nitrogens with one attached hydrogen (secondary N) is 1. The van der Waals surface area contributed by atoms with Crippen molar-refractivity contribution < 1.29 is 0 Å². The molecule has 2 aliphatic rings. The summed E-state index contributed by atoms with van der Waals surface area (Å²) in [6.45, 7) is 4.59. The molecule has 0 bridgehead atoms. The van der Waals surface area contributed by atoms with Gasteiger partial charge in [-0.1, -0.05) is 25.3 Å². The van der Waals surface area contributed by atoms with Crippen molar-refractivity contribution in [2.45, 2.75) is 57.4 Å². The summed E-state index contributed by atoms with van der Waals surface area (Å²) in [6, 6.07) is 7.34. The van der Waals surface area contributed by atoms with E-state index in [4.69, 9.17) is 4.98 Å². The highest BCUT2D eigenvalue weighted by Crippen LogP contribution is 2.32. The summed E-state index contributed by atoms with van der Waals surface area (Å²) in [6.07, 6.45) is 8.37. The van der Waals surface area contributed by atoms with Crippen LogP contribution in [0.5, 0.6) is 0 Å². The van der Waals surface area contributed by atoms with E-state index in [1.165, 1.54) is 68.5 Å². The Hall–Kier alpha value is -1.35. The van der Waals surface area contributed by atoms with Gasteiger partial charge in [-0.15, -0.1) is 0 Å². The number of hydrogen-bond acceptors (Lipinski definition) is 2. The van der Waals surface area contributed by atoms with Crippen LogP contribution < -0.4 is 0 Å². The van der Waals surface area contributed by atoms with E-state index in [0.29, 0.717) is 5.92 Å². The molecule has 0 radical (unpaired) electrons. The average Bonchev–Trinajstić information content (AvgIpc) is 3.14. The standard InChI is InChI=1S/C18H25N3/c1-13-7-8-16-17(11-13)20-18(19-16)14-9-10-21(12-14)15-5-3-2-4-6-15/h7-8,11,14-15H,2-6,9-10,12H2,1H3,(H,19,20). The van der Waals surface area contributed by atoms with Gasteiger partial charge in [0.25, 0.3) is 0 Å². The third-order valence-corrected chi connectivity index (χ3v) is 5.35. The molecule has 2 heterocycles. The largest absolute Gasteiger partial charge is 0.342 e. The third kappa shape index (κ3) is 2.59. The molecule has 1 atom stereocenters. The number of aromatic nitrogens is 2. The first kappa shape index (κ1) is 13.3. The van der Waals surface area contributed by atoms with Crippen LogP contribution in [-0.2, 0) is 0 Å². The van der Waals surface area contributed by atoms with Crippen molar-refractivity contribution in [3.63, 3.8) is 0 Å². The smallest absolute Gasteiger partial charge is 0.111 e. The van der Waals surface area contributed by atoms with Crippen LogP contribution in [0.2, 0.25) is 0 Å². The van der Waals surface area contributed by atoms with Gasteiger partial charge in [0.1, 0.15) is 5.82 Å². The molecule has 1 saturated heterocycles. The number of rotatable bonds is 2. The van der Waals surface area contributed by atoms with E-state index in [-0.39, 0.29) is 0 Å². The van der Waals surface area contributed by atoms with E-state index >= 15 is 0 Å². The molecule has 1 aromatic heterocycles. The minimum absolute atomic E-state index is 0.597. The number of aromatic amines is 1. The van der Waals surface area contributed by atoms with Crippen molar-refractivity contribution in [3.05, 3.63) is 29.6 Å². The Balaban J connectivity index is 1.50. The normalized spacial score (nSPS) is 24.9. The topological polar surface area (TPSA) is 31.9 Å². The SMILES string of the molecule is Cc1ccc2nc(C3CCN(C4CCCCC4)C3)[nH]c2c1. The lowest BCUT2D eigenvalue weighted by Gasteiger charge is -2.30. The minimum Gasteiger partial charge on any atom is -0.342 e. The Morgan fingerprint density at radius 2 is 2.00 bits per heavy atom. The van der Waals surface area contributed by atoms with Gasteiger partial charge in [0.15, 0.2) is 0 Å². The van der Waals surface area contributed by atoms with Crippen molar-refractivity contribution in [2.24, 2.45) is 0 Å². The molecule has 1 aromatic carbocycles. The molecule has 1 aliphatic carbocycles. The van der Waals surface area contributed by atoms with Crippen molar-refractivity contribution >= 4 is 11.0 Å². The molecule has 2 aromatic rings. The molecule has 3 nitrogen and oxygen atoms in total. The van der Waals surface area contributed by atoms with Gasteiger partial charge >= 0.3 is 0 Å². The molecular formula is C18H25N3. The minimum atomic E-state index is 0.597. The Labute approximate surface area is 126 Å². The van der Waals surface area contributed by atoms with Crippen LogP contribution in [0.15, 0.2) is 18.2 Å². The maximum absolute atomic E-state index is 4.83. The number of likely N-dealkylation sites (tertiary alicyclic amines) is 1. The highest BCUT2D eigenvalue weighted by Gasteiger charge is 2.31. The van der Waals surface area contributed by atoms with Crippen LogP contribution in [0.1, 0.15) is 55.8 Å². The van der Waals surface area contributed by atoms with Crippen molar-refractivity contribution in [1.29, 1.82) is 0 Å². The molecule has 0 spiro atoms. The fourth-order valence-electron chi connectivity index (χ4n) is 4.12. The molecule has 1 unspecified atom stereocenters. The lowest BCUT2D eigenvalue weighted by Crippen LogP contribution is -2.34. The highest BCUT2D eigenvalue weighted by molar-refractivity contribution is 5.75. The van der Waals surface area contributed by atoms with Gasteiger partial charge in [-0.25, -0.2) is 4.98 Å². The zero-order chi connectivity index (χ0) is 14.2. The first-order valence-electron chi connectivity index (χ1n) is 8.50. The van der Waals surface area contributed by atoms with E-state index in [0.717, 1.165) is 11.6 Å². The van der Waals surface area contributed by atoms with Crippen molar-refractivity contribution in [2.75, 3.05) is 13.1 Å². The monoisotopic (exact) mass is 283 g/mol. The van der Waals surface area contributed by atoms with Crippen LogP contribution in [0.3, 0.4) is 0 Å². The Kier molecular flexibility index (Phi) is 3.46. The summed E-state index contributed by atoms with van der Waals surface area (Å²) in [4.78, 5) is 11.1. The number of aryl methyl sites for hydroxylation is 1. The number of hydrogen-bond donors (Lipinski definition) is 1. The first-order valence-corrected chi connectivity index (χ1v) is 8.50. The Bertz CT molecular complexity index is 624. The van der Waals surface area contributed by atoms with Gasteiger partial charge in [0, 0.05) is 18.5 Å². The van der Waals surface area contributed by atoms with Gasteiger partial charge < -0.3 is 4.98 Å². The molecule has 21 heavy (non-hydrogen) atoms. The maximum Gasteiger partial charge on any atom is 0.111 e. The molecule has 1 N–H and O–H groups in total. The zero-order valence-electron chi connectivity index (χ0n) is 12.9. The number of fused-ring (bicyclic) bond motifs is 1. The van der Waals surface area contributed by atoms with Crippen LogP contribution in [0.25, 0.3) is 11.0 Å². The quantitative estimate of drug-likeness (QED) is 0.903. The summed E-state index contributed by atoms with van der Waals surface area (Å²) in [5.41, 5.74) is 3.61. The van der Waals surface area contributed by atoms with Gasteiger partial charge in [-0.05, 0) is 50.4 Å². The number of nitrogens with zero attached hydrogens (tertiary/aromatic N) is 2. The second kappa shape index (κ2) is 5.45. The van der Waals surface area contributed by atoms with Gasteiger partial charge in [-0.2, -0.15) is 0 Å². The number of benzene rings is 1. The average molecular weight is 283 g/mol. The first-order chi connectivity index (χ1) is 10.3. The fourth-order valence-corrected chi connectivity index (χ4v) is 4.12. The zero-order valence-corrected chi connectivity index (χ0v) is 12.9. The molecule has 0 amide bonds. The van der Waals surface area contributed by atoms with E-state index in [1.807, 2.05) is 0 Å². The van der Waals surface area contributed by atoms with Crippen LogP contribution in [-0.4, -0.2) is 34.0 Å². The Morgan fingerprint density at radius 3 is 2.86 bits per heavy atom. The lowest BCUT2D eigenvalue weighted by molar-refractivity contribution is 0.189. The van der Waals surface area contributed by atoms with E-state index in [9.17, 15) is 0 Å². The summed E-state index contributed by atoms with van der Waals surface area (Å²) in [5.74, 6) is 1.80. The summed E-state index contributed by atoms with van der Waals surface area (Å²) >= 11 is 0. The molecule has 112 valence electrons. The van der Waals surface area contributed by atoms with Crippen molar-refractivity contribution in [1.82, 2.24) is 14.9 Å². The predicted molar refractivity (Wildman–Crippen MR) is 86.6 cm³/mol. The predicted octanol–water partition coefficient (Wildman–Crippen LogP) is 3.99. The van der Waals surface area contributed by atoms with Crippen LogP contribution >= 0.6 is 0 Å². The van der Waals surface area contributed by atoms with Crippen LogP contribution in [0.4, 0.5) is 0 Å². The Morgan fingerprint density at radius 1 is 1.14 bits per heavy atom. The molecule has 4 rings (SSSR count).